The molecule has 0 bridgehead atoms. The Morgan fingerprint density at radius 1 is 1.17 bits per heavy atom. The third-order valence-corrected chi connectivity index (χ3v) is 3.30. The second kappa shape index (κ2) is 6.02. The first-order valence-corrected chi connectivity index (χ1v) is 6.74. The Labute approximate surface area is 134 Å². The monoisotopic (exact) mass is 339 g/mol. The molecule has 0 fully saturated rings. The Hall–Kier alpha value is -2.78. The van der Waals surface area contributed by atoms with Crippen molar-refractivity contribution in [1.82, 2.24) is 9.97 Å². The van der Waals surface area contributed by atoms with Gasteiger partial charge in [-0.2, -0.15) is 13.2 Å². The zero-order valence-corrected chi connectivity index (χ0v) is 12.3. The molecule has 0 aliphatic heterocycles. The molecule has 0 radical (unpaired) electrons. The van der Waals surface area contributed by atoms with E-state index in [-0.39, 0.29) is 16.7 Å². The number of pyridine rings is 1. The Kier molecular flexibility index (Phi) is 4.04. The normalized spacial score (nSPS) is 11.7. The van der Waals surface area contributed by atoms with Crippen LogP contribution in [0.5, 0.6) is 11.5 Å². The second-order valence-corrected chi connectivity index (χ2v) is 4.78. The van der Waals surface area contributed by atoms with E-state index in [1.165, 1.54) is 18.3 Å². The van der Waals surface area contributed by atoms with Crippen molar-refractivity contribution in [3.8, 4) is 11.5 Å². The minimum atomic E-state index is -4.68. The van der Waals surface area contributed by atoms with E-state index in [0.29, 0.717) is 11.0 Å². The molecular weight excluding hydrogens is 327 g/mol. The first kappa shape index (κ1) is 16.1. The fourth-order valence-electron chi connectivity index (χ4n) is 2.20. The zero-order valence-electron chi connectivity index (χ0n) is 12.3. The largest absolute Gasteiger partial charge is 0.456 e. The lowest BCUT2D eigenvalue weighted by Crippen LogP contribution is -2.17. The van der Waals surface area contributed by atoms with E-state index in [9.17, 15) is 18.4 Å². The molecule has 2 N–H and O–H groups in total. The molecule has 0 atom stereocenters. The maximum absolute atomic E-state index is 13.3. The highest BCUT2D eigenvalue weighted by Crippen LogP contribution is 2.41. The van der Waals surface area contributed by atoms with Crippen LogP contribution in [0.2, 0.25) is 0 Å². The second-order valence-electron chi connectivity index (χ2n) is 4.78. The van der Waals surface area contributed by atoms with Crippen LogP contribution >= 0.6 is 0 Å². The molecule has 9 heteroatoms. The number of nitrogens with one attached hydrogen (secondary N) is 1. The number of H-pyrrole nitrogens is 1. The van der Waals surface area contributed by atoms with Crippen molar-refractivity contribution in [2.45, 2.75) is 6.18 Å². The van der Waals surface area contributed by atoms with Crippen LogP contribution in [0.25, 0.3) is 11.0 Å². The van der Waals surface area contributed by atoms with Gasteiger partial charge in [0.1, 0.15) is 22.7 Å². The molecule has 0 aliphatic rings. The topological polar surface area (TPSA) is 70.6 Å². The van der Waals surface area contributed by atoms with Crippen molar-refractivity contribution in [1.29, 1.82) is 0 Å². The molecule has 0 amide bonds. The molecule has 0 saturated heterocycles. The van der Waals surface area contributed by atoms with E-state index in [2.05, 4.69) is 14.8 Å². The van der Waals surface area contributed by atoms with Gasteiger partial charge in [-0.05, 0) is 30.3 Å². The summed E-state index contributed by atoms with van der Waals surface area (Å²) in [6.07, 6.45) is -1.64. The highest BCUT2D eigenvalue weighted by molar-refractivity contribution is 5.82. The van der Waals surface area contributed by atoms with Crippen LogP contribution in [0.3, 0.4) is 0 Å². The van der Waals surface area contributed by atoms with Crippen molar-refractivity contribution in [2.75, 3.05) is 12.3 Å². The van der Waals surface area contributed by atoms with Gasteiger partial charge in [-0.15, -0.1) is 5.23 Å². The summed E-state index contributed by atoms with van der Waals surface area (Å²) >= 11 is 0. The molecule has 0 saturated carbocycles. The number of hydrogen-bond donors (Lipinski definition) is 2. The van der Waals surface area contributed by atoms with Crippen LogP contribution in [0.15, 0.2) is 42.7 Å². The minimum absolute atomic E-state index is 0.182. The number of nitrogens with zero attached hydrogens (tertiary/aromatic N) is 2. The van der Waals surface area contributed by atoms with E-state index >= 15 is 0 Å². The summed E-state index contributed by atoms with van der Waals surface area (Å²) in [6, 6.07) is 6.20. The summed E-state index contributed by atoms with van der Waals surface area (Å²) in [5, 5.41) is 10.2. The molecule has 3 rings (SSSR count). The molecule has 126 valence electrons. The van der Waals surface area contributed by atoms with Gasteiger partial charge in [0.05, 0.1) is 18.2 Å². The summed E-state index contributed by atoms with van der Waals surface area (Å²) in [7, 11) is 1.12. The van der Waals surface area contributed by atoms with E-state index in [4.69, 9.17) is 4.74 Å². The van der Waals surface area contributed by atoms with Crippen LogP contribution in [0.4, 0.5) is 18.9 Å². The number of aromatic amines is 1. The highest BCUT2D eigenvalue weighted by Gasteiger charge is 2.35. The predicted molar refractivity (Wildman–Crippen MR) is 78.9 cm³/mol. The number of alkyl halides is 3. The molecule has 1 aromatic carbocycles. The number of rotatable bonds is 4. The van der Waals surface area contributed by atoms with Crippen LogP contribution < -0.4 is 9.96 Å². The number of aromatic nitrogens is 2. The first-order valence-electron chi connectivity index (χ1n) is 6.74. The lowest BCUT2D eigenvalue weighted by atomic mass is 10.1. The lowest BCUT2D eigenvalue weighted by Gasteiger charge is -2.18. The quantitative estimate of drug-likeness (QED) is 0.700. The van der Waals surface area contributed by atoms with Crippen LogP contribution in [-0.4, -0.2) is 22.3 Å². The zero-order chi connectivity index (χ0) is 17.3. The van der Waals surface area contributed by atoms with Gasteiger partial charge in [0.15, 0.2) is 0 Å². The SMILES string of the molecule is CON(O)c1ccc(Oc2ccnc3[nH]ccc23)c(C(F)(F)F)c1. The number of halogens is 3. The van der Waals surface area contributed by atoms with Crippen molar-refractivity contribution >= 4 is 16.7 Å². The molecule has 2 heterocycles. The summed E-state index contributed by atoms with van der Waals surface area (Å²) in [6.45, 7) is 0. The molecule has 0 unspecified atom stereocenters. The Balaban J connectivity index is 2.05. The smallest absolute Gasteiger partial charge is 0.420 e. The number of anilines is 1. The average Bonchev–Trinajstić information content (AvgIpc) is 3.03. The van der Waals surface area contributed by atoms with Gasteiger partial charge in [0.2, 0.25) is 0 Å². The Morgan fingerprint density at radius 3 is 2.67 bits per heavy atom. The molecule has 0 aliphatic carbocycles. The van der Waals surface area contributed by atoms with Crippen molar-refractivity contribution in [2.24, 2.45) is 0 Å². The van der Waals surface area contributed by atoms with Crippen molar-refractivity contribution in [3.05, 3.63) is 48.3 Å². The highest BCUT2D eigenvalue weighted by atomic mass is 19.4. The number of benzene rings is 1. The van der Waals surface area contributed by atoms with Gasteiger partial charge >= 0.3 is 6.18 Å². The van der Waals surface area contributed by atoms with E-state index in [0.717, 1.165) is 19.2 Å². The molecular formula is C15H12F3N3O3. The minimum Gasteiger partial charge on any atom is -0.456 e. The Bertz CT molecular complexity index is 864. The van der Waals surface area contributed by atoms with Crippen molar-refractivity contribution in [3.63, 3.8) is 0 Å². The maximum atomic E-state index is 13.3. The number of fused-ring (bicyclic) bond motifs is 1. The molecule has 2 aromatic heterocycles. The van der Waals surface area contributed by atoms with Crippen LogP contribution in [-0.2, 0) is 11.0 Å². The van der Waals surface area contributed by atoms with E-state index in [1.807, 2.05) is 0 Å². The summed E-state index contributed by atoms with van der Waals surface area (Å²) in [4.78, 5) is 11.4. The fraction of sp³-hybridized carbons (Fsp3) is 0.133. The first-order chi connectivity index (χ1) is 11.4. The number of hydrogen-bond acceptors (Lipinski definition) is 5. The van der Waals surface area contributed by atoms with Gasteiger partial charge in [0.25, 0.3) is 0 Å². The Morgan fingerprint density at radius 2 is 1.96 bits per heavy atom. The summed E-state index contributed by atoms with van der Waals surface area (Å²) in [5.41, 5.74) is -0.728. The fourth-order valence-corrected chi connectivity index (χ4v) is 2.20. The maximum Gasteiger partial charge on any atom is 0.420 e. The van der Waals surface area contributed by atoms with Crippen LogP contribution in [0, 0.1) is 0 Å². The molecule has 24 heavy (non-hydrogen) atoms. The number of ether oxygens (including phenoxy) is 1. The predicted octanol–water partition coefficient (Wildman–Crippen LogP) is 4.13. The van der Waals surface area contributed by atoms with E-state index in [1.54, 1.807) is 12.3 Å². The summed E-state index contributed by atoms with van der Waals surface area (Å²) in [5.74, 6) is -0.170. The van der Waals surface area contributed by atoms with E-state index < -0.39 is 17.5 Å². The van der Waals surface area contributed by atoms with Crippen LogP contribution in [0.1, 0.15) is 5.56 Å². The summed E-state index contributed by atoms with van der Waals surface area (Å²) < 4.78 is 45.4. The molecule has 6 nitrogen and oxygen atoms in total. The van der Waals surface area contributed by atoms with Gasteiger partial charge in [-0.25, -0.2) is 4.98 Å². The lowest BCUT2D eigenvalue weighted by molar-refractivity contribution is -0.138. The third kappa shape index (κ3) is 2.99. The molecule has 3 aromatic rings. The molecule has 0 spiro atoms. The van der Waals surface area contributed by atoms with Gasteiger partial charge in [-0.1, -0.05) is 0 Å². The third-order valence-electron chi connectivity index (χ3n) is 3.30. The van der Waals surface area contributed by atoms with Gasteiger partial charge in [-0.3, -0.25) is 10.0 Å². The van der Waals surface area contributed by atoms with Gasteiger partial charge < -0.3 is 9.72 Å². The average molecular weight is 339 g/mol. The van der Waals surface area contributed by atoms with Crippen molar-refractivity contribution < 1.29 is 28.0 Å². The van der Waals surface area contributed by atoms with Gasteiger partial charge in [0, 0.05) is 12.4 Å². The standard InChI is InChI=1S/C15H12F3N3O3/c1-23-21(22)9-2-3-13(11(8-9)15(16,17)18)24-12-5-7-20-14-10(12)4-6-19-14/h2-8,22H,1H3,(H,19,20).